The van der Waals surface area contributed by atoms with Gasteiger partial charge in [0.05, 0.1) is 6.54 Å². The predicted octanol–water partition coefficient (Wildman–Crippen LogP) is 2.68. The summed E-state index contributed by atoms with van der Waals surface area (Å²) in [5.41, 5.74) is 11.0. The molecule has 3 aromatic rings. The zero-order valence-electron chi connectivity index (χ0n) is 14.3. The van der Waals surface area contributed by atoms with Crippen molar-refractivity contribution < 1.29 is 0 Å². The van der Waals surface area contributed by atoms with Crippen LogP contribution in [0.1, 0.15) is 5.56 Å². The van der Waals surface area contributed by atoms with Crippen LogP contribution in [-0.2, 0) is 6.54 Å². The first-order valence-electron chi connectivity index (χ1n) is 7.92. The van der Waals surface area contributed by atoms with Gasteiger partial charge in [-0.15, -0.1) is 0 Å². The Hall–Kier alpha value is -3.19. The SMILES string of the molecule is CN(C)Nc1ncnc(N(Cc2ccccc2)c2ccccn2)c1N. The molecule has 0 aliphatic heterocycles. The molecule has 0 aliphatic rings. The molecule has 0 bridgehead atoms. The zero-order valence-corrected chi connectivity index (χ0v) is 14.3. The molecule has 2 aromatic heterocycles. The van der Waals surface area contributed by atoms with Crippen LogP contribution in [-0.4, -0.2) is 34.1 Å². The summed E-state index contributed by atoms with van der Waals surface area (Å²) in [5.74, 6) is 1.94. The first kappa shape index (κ1) is 16.7. The van der Waals surface area contributed by atoms with E-state index in [-0.39, 0.29) is 0 Å². The molecule has 0 amide bonds. The molecule has 3 N–H and O–H groups in total. The second kappa shape index (κ2) is 7.59. The molecule has 0 fully saturated rings. The number of aromatic nitrogens is 3. The molecule has 7 heteroatoms. The lowest BCUT2D eigenvalue weighted by Gasteiger charge is -2.25. The van der Waals surface area contributed by atoms with E-state index >= 15 is 0 Å². The minimum absolute atomic E-state index is 0.470. The van der Waals surface area contributed by atoms with Crippen LogP contribution in [0.15, 0.2) is 61.1 Å². The maximum atomic E-state index is 6.34. The van der Waals surface area contributed by atoms with Crippen LogP contribution in [0.5, 0.6) is 0 Å². The number of nitrogens with one attached hydrogen (secondary N) is 1. The fourth-order valence-electron chi connectivity index (χ4n) is 2.45. The highest BCUT2D eigenvalue weighted by Gasteiger charge is 2.18. The minimum Gasteiger partial charge on any atom is -0.393 e. The van der Waals surface area contributed by atoms with E-state index in [9.17, 15) is 0 Å². The summed E-state index contributed by atoms with van der Waals surface area (Å²) in [7, 11) is 3.75. The fourth-order valence-corrected chi connectivity index (χ4v) is 2.45. The predicted molar refractivity (Wildman–Crippen MR) is 100 cm³/mol. The molecule has 0 spiro atoms. The molecule has 0 aliphatic carbocycles. The Kier molecular flexibility index (Phi) is 5.06. The maximum Gasteiger partial charge on any atom is 0.169 e. The van der Waals surface area contributed by atoms with Gasteiger partial charge in [0.25, 0.3) is 0 Å². The van der Waals surface area contributed by atoms with Gasteiger partial charge in [-0.1, -0.05) is 36.4 Å². The van der Waals surface area contributed by atoms with Gasteiger partial charge in [0.2, 0.25) is 0 Å². The van der Waals surface area contributed by atoms with Gasteiger partial charge in [-0.05, 0) is 17.7 Å². The van der Waals surface area contributed by atoms with Crippen molar-refractivity contribution in [2.45, 2.75) is 6.54 Å². The number of nitrogens with zero attached hydrogens (tertiary/aromatic N) is 5. The Morgan fingerprint density at radius 2 is 1.72 bits per heavy atom. The molecule has 1 aromatic carbocycles. The highest BCUT2D eigenvalue weighted by molar-refractivity contribution is 5.78. The average Bonchev–Trinajstić information content (AvgIpc) is 2.63. The van der Waals surface area contributed by atoms with Gasteiger partial charge in [0.15, 0.2) is 11.6 Å². The van der Waals surface area contributed by atoms with Crippen LogP contribution >= 0.6 is 0 Å². The Bertz CT molecular complexity index is 806. The highest BCUT2D eigenvalue weighted by atomic mass is 15.5. The van der Waals surface area contributed by atoms with Gasteiger partial charge in [-0.3, -0.25) is 0 Å². The Balaban J connectivity index is 2.03. The van der Waals surface area contributed by atoms with Gasteiger partial charge in [-0.2, -0.15) is 0 Å². The van der Waals surface area contributed by atoms with Gasteiger partial charge >= 0.3 is 0 Å². The molecular weight excluding hydrogens is 314 g/mol. The molecule has 0 atom stereocenters. The third kappa shape index (κ3) is 4.02. The normalized spacial score (nSPS) is 10.7. The first-order valence-corrected chi connectivity index (χ1v) is 7.92. The van der Waals surface area contributed by atoms with E-state index in [2.05, 4.69) is 32.5 Å². The summed E-state index contributed by atoms with van der Waals surface area (Å²) < 4.78 is 0. The molecule has 25 heavy (non-hydrogen) atoms. The van der Waals surface area contributed by atoms with E-state index in [1.807, 2.05) is 55.4 Å². The Labute approximate surface area is 147 Å². The lowest BCUT2D eigenvalue weighted by atomic mass is 10.2. The number of hydrogen-bond acceptors (Lipinski definition) is 7. The lowest BCUT2D eigenvalue weighted by molar-refractivity contribution is 0.492. The van der Waals surface area contributed by atoms with Crippen molar-refractivity contribution in [3.8, 4) is 0 Å². The van der Waals surface area contributed by atoms with Crippen LogP contribution < -0.4 is 16.1 Å². The number of hydrogen-bond donors (Lipinski definition) is 2. The number of nitrogens with two attached hydrogens (primary N) is 1. The molecule has 0 saturated carbocycles. The van der Waals surface area contributed by atoms with Crippen molar-refractivity contribution in [1.29, 1.82) is 0 Å². The molecular formula is C18H21N7. The average molecular weight is 335 g/mol. The fraction of sp³-hybridized carbons (Fsp3) is 0.167. The smallest absolute Gasteiger partial charge is 0.169 e. The number of anilines is 4. The van der Waals surface area contributed by atoms with Crippen molar-refractivity contribution in [3.05, 3.63) is 66.6 Å². The number of rotatable bonds is 6. The molecule has 0 radical (unpaired) electrons. The summed E-state index contributed by atoms with van der Waals surface area (Å²) in [6.07, 6.45) is 3.25. The summed E-state index contributed by atoms with van der Waals surface area (Å²) in [6, 6.07) is 15.9. The zero-order chi connectivity index (χ0) is 17.6. The van der Waals surface area contributed by atoms with Crippen LogP contribution in [0.2, 0.25) is 0 Å². The van der Waals surface area contributed by atoms with Gasteiger partial charge in [0.1, 0.15) is 17.8 Å². The van der Waals surface area contributed by atoms with Crippen molar-refractivity contribution in [1.82, 2.24) is 20.0 Å². The van der Waals surface area contributed by atoms with E-state index in [0.717, 1.165) is 11.4 Å². The third-order valence-corrected chi connectivity index (χ3v) is 3.56. The van der Waals surface area contributed by atoms with E-state index in [1.165, 1.54) is 6.33 Å². The topological polar surface area (TPSA) is 83.2 Å². The maximum absolute atomic E-state index is 6.34. The van der Waals surface area contributed by atoms with Crippen LogP contribution in [0, 0.1) is 0 Å². The van der Waals surface area contributed by atoms with Crippen molar-refractivity contribution >= 4 is 23.1 Å². The summed E-state index contributed by atoms with van der Waals surface area (Å²) in [5, 5.41) is 1.78. The van der Waals surface area contributed by atoms with Gasteiger partial charge < -0.3 is 16.1 Å². The standard InChI is InChI=1S/C18H21N7/c1-24(2)23-17-16(19)18(22-13-21-17)25(15-10-6-7-11-20-15)12-14-8-4-3-5-9-14/h3-11,13H,12,19H2,1-2H3,(H,21,22,23). The van der Waals surface area contributed by atoms with Gasteiger partial charge in [0, 0.05) is 20.3 Å². The van der Waals surface area contributed by atoms with Crippen molar-refractivity contribution in [2.75, 3.05) is 30.2 Å². The first-order chi connectivity index (χ1) is 12.1. The second-order valence-electron chi connectivity index (χ2n) is 5.73. The second-order valence-corrected chi connectivity index (χ2v) is 5.73. The molecule has 128 valence electrons. The largest absolute Gasteiger partial charge is 0.393 e. The van der Waals surface area contributed by atoms with Crippen LogP contribution in [0.4, 0.5) is 23.1 Å². The molecule has 0 unspecified atom stereocenters. The molecule has 7 nitrogen and oxygen atoms in total. The molecule has 2 heterocycles. The van der Waals surface area contributed by atoms with Crippen LogP contribution in [0.25, 0.3) is 0 Å². The third-order valence-electron chi connectivity index (χ3n) is 3.56. The monoisotopic (exact) mass is 335 g/mol. The molecule has 0 saturated heterocycles. The lowest BCUT2D eigenvalue weighted by Crippen LogP contribution is -2.24. The molecule has 3 rings (SSSR count). The van der Waals surface area contributed by atoms with Gasteiger partial charge in [-0.25, -0.2) is 20.0 Å². The van der Waals surface area contributed by atoms with E-state index in [1.54, 1.807) is 11.2 Å². The van der Waals surface area contributed by atoms with E-state index in [4.69, 9.17) is 5.73 Å². The minimum atomic E-state index is 0.470. The van der Waals surface area contributed by atoms with E-state index in [0.29, 0.717) is 23.9 Å². The quantitative estimate of drug-likeness (QED) is 0.670. The number of benzene rings is 1. The Morgan fingerprint density at radius 1 is 0.960 bits per heavy atom. The number of hydrazine groups is 1. The number of nitrogen functional groups attached to an aromatic ring is 1. The Morgan fingerprint density at radius 3 is 2.40 bits per heavy atom. The summed E-state index contributed by atoms with van der Waals surface area (Å²) in [4.78, 5) is 15.1. The summed E-state index contributed by atoms with van der Waals surface area (Å²) in [6.45, 7) is 0.598. The van der Waals surface area contributed by atoms with Crippen molar-refractivity contribution in [3.63, 3.8) is 0 Å². The summed E-state index contributed by atoms with van der Waals surface area (Å²) >= 11 is 0. The van der Waals surface area contributed by atoms with E-state index < -0.39 is 0 Å². The van der Waals surface area contributed by atoms with Crippen molar-refractivity contribution in [2.24, 2.45) is 0 Å². The highest BCUT2D eigenvalue weighted by Crippen LogP contribution is 2.32. The van der Waals surface area contributed by atoms with Crippen LogP contribution in [0.3, 0.4) is 0 Å². The number of pyridine rings is 1.